The van der Waals surface area contributed by atoms with Crippen LogP contribution < -0.4 is 11.5 Å². The molecule has 118 valence electrons. The fraction of sp³-hybridized carbons (Fsp3) is 0.286. The van der Waals surface area contributed by atoms with Gasteiger partial charge in [-0.1, -0.05) is 24.3 Å². The molecule has 0 radical (unpaired) electrons. The van der Waals surface area contributed by atoms with Crippen LogP contribution in [0.2, 0.25) is 0 Å². The van der Waals surface area contributed by atoms with Crippen molar-refractivity contribution in [3.05, 3.63) is 35.4 Å². The van der Waals surface area contributed by atoms with Gasteiger partial charge >= 0.3 is 11.9 Å². The molecule has 0 aliphatic carbocycles. The van der Waals surface area contributed by atoms with Crippen LogP contribution in [0.15, 0.2) is 24.3 Å². The molecular formula is C14H16N2O6. The van der Waals surface area contributed by atoms with Gasteiger partial charge in [0, 0.05) is 11.1 Å². The van der Waals surface area contributed by atoms with Gasteiger partial charge in [-0.15, -0.1) is 0 Å². The molecule has 0 unspecified atom stereocenters. The summed E-state index contributed by atoms with van der Waals surface area (Å²) in [5.41, 5.74) is 5.82. The first-order valence-corrected chi connectivity index (χ1v) is 6.17. The third-order valence-corrected chi connectivity index (χ3v) is 3.25. The molecule has 0 aliphatic rings. The number of carbonyl (C=O) groups is 4. The van der Waals surface area contributed by atoms with Crippen molar-refractivity contribution in [3.63, 3.8) is 0 Å². The molecular weight excluding hydrogens is 292 g/mol. The SMILES string of the molecule is C[C@@](N)(C(=O)O)C(=O)c1ccccc1C(=O)[C@](C)(N)C(=O)O. The van der Waals surface area contributed by atoms with E-state index in [2.05, 4.69) is 0 Å². The minimum absolute atomic E-state index is 0.294. The first kappa shape index (κ1) is 17.5. The number of ketones is 2. The van der Waals surface area contributed by atoms with E-state index in [-0.39, 0.29) is 11.1 Å². The van der Waals surface area contributed by atoms with Crippen LogP contribution in [0.3, 0.4) is 0 Å². The number of benzene rings is 1. The van der Waals surface area contributed by atoms with Gasteiger partial charge < -0.3 is 21.7 Å². The smallest absolute Gasteiger partial charge is 0.331 e. The Morgan fingerprint density at radius 2 is 1.09 bits per heavy atom. The van der Waals surface area contributed by atoms with E-state index in [4.69, 9.17) is 21.7 Å². The second kappa shape index (κ2) is 5.66. The van der Waals surface area contributed by atoms with Crippen LogP contribution >= 0.6 is 0 Å². The molecule has 8 heteroatoms. The van der Waals surface area contributed by atoms with Crippen molar-refractivity contribution in [1.82, 2.24) is 0 Å². The van der Waals surface area contributed by atoms with Crippen LogP contribution in [-0.2, 0) is 9.59 Å². The Bertz CT molecular complexity index is 606. The lowest BCUT2D eigenvalue weighted by Crippen LogP contribution is -2.54. The van der Waals surface area contributed by atoms with Crippen LogP contribution in [0.1, 0.15) is 34.6 Å². The van der Waals surface area contributed by atoms with E-state index in [0.29, 0.717) is 0 Å². The molecule has 0 bridgehead atoms. The van der Waals surface area contributed by atoms with Crippen LogP contribution in [0, 0.1) is 0 Å². The standard InChI is InChI=1S/C14H16N2O6/c1-13(15,11(19)20)9(17)7-5-3-4-6-8(7)10(18)14(2,16)12(21)22/h3-6H,15-16H2,1-2H3,(H,19,20)(H,21,22)/t13-,14-/m0/s1. The lowest BCUT2D eigenvalue weighted by molar-refractivity contribution is -0.141. The fourth-order valence-corrected chi connectivity index (χ4v) is 1.63. The van der Waals surface area contributed by atoms with E-state index in [0.717, 1.165) is 13.8 Å². The number of rotatable bonds is 6. The second-order valence-corrected chi connectivity index (χ2v) is 5.22. The zero-order valence-electron chi connectivity index (χ0n) is 12.0. The lowest BCUT2D eigenvalue weighted by Gasteiger charge is -2.22. The molecule has 0 amide bonds. The third kappa shape index (κ3) is 2.87. The van der Waals surface area contributed by atoms with Crippen molar-refractivity contribution in [2.24, 2.45) is 11.5 Å². The summed E-state index contributed by atoms with van der Waals surface area (Å²) in [6, 6.07) is 5.19. The van der Waals surface area contributed by atoms with Crippen molar-refractivity contribution < 1.29 is 29.4 Å². The molecule has 0 aromatic heterocycles. The summed E-state index contributed by atoms with van der Waals surface area (Å²) in [6.45, 7) is 1.97. The van der Waals surface area contributed by atoms with E-state index in [1.807, 2.05) is 0 Å². The van der Waals surface area contributed by atoms with E-state index in [1.165, 1.54) is 24.3 Å². The van der Waals surface area contributed by atoms with Gasteiger partial charge in [0.2, 0.25) is 0 Å². The lowest BCUT2D eigenvalue weighted by atomic mass is 9.84. The summed E-state index contributed by atoms with van der Waals surface area (Å²) in [5, 5.41) is 18.0. The first-order chi connectivity index (χ1) is 9.94. The Kier molecular flexibility index (Phi) is 4.50. The number of Topliss-reactive ketones (excluding diaryl/α,β-unsaturated/α-hetero) is 2. The number of nitrogens with two attached hydrogens (primary N) is 2. The highest BCUT2D eigenvalue weighted by Crippen LogP contribution is 2.20. The van der Waals surface area contributed by atoms with Crippen molar-refractivity contribution in [2.75, 3.05) is 0 Å². The van der Waals surface area contributed by atoms with Crippen molar-refractivity contribution in [1.29, 1.82) is 0 Å². The fourth-order valence-electron chi connectivity index (χ4n) is 1.63. The summed E-state index contributed by atoms with van der Waals surface area (Å²) in [6.07, 6.45) is 0. The highest BCUT2D eigenvalue weighted by atomic mass is 16.4. The van der Waals surface area contributed by atoms with Crippen molar-refractivity contribution >= 4 is 23.5 Å². The highest BCUT2D eigenvalue weighted by Gasteiger charge is 2.42. The number of hydrogen-bond donors (Lipinski definition) is 4. The number of carboxylic acid groups (broad SMARTS) is 2. The molecule has 6 N–H and O–H groups in total. The summed E-state index contributed by atoms with van der Waals surface area (Å²) >= 11 is 0. The number of aliphatic carboxylic acids is 2. The number of carbonyl (C=O) groups excluding carboxylic acids is 2. The summed E-state index contributed by atoms with van der Waals surface area (Å²) in [4.78, 5) is 46.7. The molecule has 0 fully saturated rings. The minimum atomic E-state index is -2.26. The van der Waals surface area contributed by atoms with Gasteiger partial charge in [0.05, 0.1) is 0 Å². The first-order valence-electron chi connectivity index (χ1n) is 6.17. The average Bonchev–Trinajstić information content (AvgIpc) is 2.45. The van der Waals surface area contributed by atoms with E-state index in [9.17, 15) is 19.2 Å². The topological polar surface area (TPSA) is 161 Å². The molecule has 2 atom stereocenters. The zero-order valence-corrected chi connectivity index (χ0v) is 12.0. The van der Waals surface area contributed by atoms with Gasteiger partial charge in [0.25, 0.3) is 0 Å². The predicted molar refractivity (Wildman–Crippen MR) is 75.6 cm³/mol. The molecule has 0 saturated heterocycles. The van der Waals surface area contributed by atoms with Crippen LogP contribution in [-0.4, -0.2) is 44.8 Å². The maximum Gasteiger partial charge on any atom is 0.331 e. The molecule has 1 aromatic carbocycles. The van der Waals surface area contributed by atoms with Crippen molar-refractivity contribution in [3.8, 4) is 0 Å². The van der Waals surface area contributed by atoms with E-state index in [1.54, 1.807) is 0 Å². The Morgan fingerprint density at radius 3 is 1.32 bits per heavy atom. The summed E-state index contributed by atoms with van der Waals surface area (Å²) < 4.78 is 0. The van der Waals surface area contributed by atoms with Crippen LogP contribution in [0.4, 0.5) is 0 Å². The Hall–Kier alpha value is -2.58. The molecule has 1 aromatic rings. The van der Waals surface area contributed by atoms with Gasteiger partial charge in [-0.05, 0) is 13.8 Å². The third-order valence-electron chi connectivity index (χ3n) is 3.25. The second-order valence-electron chi connectivity index (χ2n) is 5.22. The van der Waals surface area contributed by atoms with Gasteiger partial charge in [-0.25, -0.2) is 9.59 Å². The predicted octanol–water partition coefficient (Wildman–Crippen LogP) is -0.344. The Balaban J connectivity index is 3.45. The average molecular weight is 308 g/mol. The van der Waals surface area contributed by atoms with Gasteiger partial charge in [0.1, 0.15) is 0 Å². The molecule has 22 heavy (non-hydrogen) atoms. The minimum Gasteiger partial charge on any atom is -0.480 e. The molecule has 0 aliphatic heterocycles. The van der Waals surface area contributed by atoms with Gasteiger partial charge in [-0.3, -0.25) is 9.59 Å². The largest absolute Gasteiger partial charge is 0.480 e. The highest BCUT2D eigenvalue weighted by molar-refractivity contribution is 6.23. The monoisotopic (exact) mass is 308 g/mol. The molecule has 8 nitrogen and oxygen atoms in total. The maximum atomic E-state index is 12.3. The zero-order chi connectivity index (χ0) is 17.3. The van der Waals surface area contributed by atoms with Crippen LogP contribution in [0.25, 0.3) is 0 Å². The number of hydrogen-bond acceptors (Lipinski definition) is 6. The van der Waals surface area contributed by atoms with Gasteiger partial charge in [0.15, 0.2) is 22.6 Å². The van der Waals surface area contributed by atoms with Crippen LogP contribution in [0.5, 0.6) is 0 Å². The molecule has 0 spiro atoms. The molecule has 0 heterocycles. The van der Waals surface area contributed by atoms with E-state index >= 15 is 0 Å². The van der Waals surface area contributed by atoms with Crippen molar-refractivity contribution in [2.45, 2.75) is 24.9 Å². The maximum absolute atomic E-state index is 12.3. The normalized spacial score (nSPS) is 16.2. The molecule has 0 saturated carbocycles. The number of carboxylic acids is 2. The summed E-state index contributed by atoms with van der Waals surface area (Å²) in [7, 11) is 0. The van der Waals surface area contributed by atoms with Gasteiger partial charge in [-0.2, -0.15) is 0 Å². The summed E-state index contributed by atoms with van der Waals surface area (Å²) in [5.74, 6) is -5.20. The molecule has 1 rings (SSSR count). The quantitative estimate of drug-likeness (QED) is 0.409. The Morgan fingerprint density at radius 1 is 0.818 bits per heavy atom. The Labute approximate surface area is 125 Å². The van der Waals surface area contributed by atoms with E-state index < -0.39 is 34.6 Å².